The van der Waals surface area contributed by atoms with E-state index >= 15 is 0 Å². The molecule has 0 amide bonds. The van der Waals surface area contributed by atoms with Crippen molar-refractivity contribution in [3.8, 4) is 5.75 Å². The van der Waals surface area contributed by atoms with Crippen molar-refractivity contribution in [2.24, 2.45) is 0 Å². The third-order valence-corrected chi connectivity index (χ3v) is 5.86. The molecule has 2 aromatic carbocycles. The van der Waals surface area contributed by atoms with Gasteiger partial charge in [-0.05, 0) is 73.0 Å². The van der Waals surface area contributed by atoms with Gasteiger partial charge in [0.05, 0.1) is 4.90 Å². The summed E-state index contributed by atoms with van der Waals surface area (Å²) in [7, 11) is -0.700. The Morgan fingerprint density at radius 2 is 1.61 bits per heavy atom. The highest BCUT2D eigenvalue weighted by atomic mass is 32.2. The van der Waals surface area contributed by atoms with Crippen molar-refractivity contribution in [3.05, 3.63) is 64.7 Å². The number of ketones is 1. The van der Waals surface area contributed by atoms with Crippen molar-refractivity contribution in [2.45, 2.75) is 25.4 Å². The van der Waals surface area contributed by atoms with Crippen LogP contribution in [0.25, 0.3) is 6.08 Å². The molecule has 0 unspecified atom stereocenters. The van der Waals surface area contributed by atoms with Gasteiger partial charge in [0.1, 0.15) is 5.75 Å². The summed E-state index contributed by atoms with van der Waals surface area (Å²) < 4.78 is 54.6. The standard InChI is InChI=1S/C20H21F2NO4S/c1-13-11-15(12-14(2)19(13)27-20(21)22)5-10-18(24)16-6-8-17(9-7-16)28(25,26)23(3)4/h5-12,20H,1-4H3/b10-5+. The monoisotopic (exact) mass is 409 g/mol. The molecular formula is C20H21F2NO4S. The van der Waals surface area contributed by atoms with Crippen LogP contribution in [0.1, 0.15) is 27.0 Å². The predicted molar refractivity (Wildman–Crippen MR) is 103 cm³/mol. The molecule has 0 aliphatic rings. The number of hydrogen-bond donors (Lipinski definition) is 0. The van der Waals surface area contributed by atoms with Crippen molar-refractivity contribution in [3.63, 3.8) is 0 Å². The predicted octanol–water partition coefficient (Wildman–Crippen LogP) is 4.05. The van der Waals surface area contributed by atoms with Gasteiger partial charge in [0, 0.05) is 19.7 Å². The number of ether oxygens (including phenoxy) is 1. The van der Waals surface area contributed by atoms with Gasteiger partial charge >= 0.3 is 6.61 Å². The second-order valence-electron chi connectivity index (χ2n) is 6.37. The molecule has 0 aromatic heterocycles. The molecule has 0 saturated carbocycles. The lowest BCUT2D eigenvalue weighted by molar-refractivity contribution is -0.0507. The summed E-state index contributed by atoms with van der Waals surface area (Å²) in [5, 5.41) is 0. The molecule has 2 aromatic rings. The lowest BCUT2D eigenvalue weighted by Gasteiger charge is -2.12. The zero-order valence-corrected chi connectivity index (χ0v) is 16.8. The van der Waals surface area contributed by atoms with E-state index in [0.717, 1.165) is 4.31 Å². The number of aryl methyl sites for hydroxylation is 2. The van der Waals surface area contributed by atoms with Gasteiger partial charge in [-0.3, -0.25) is 4.79 Å². The number of benzene rings is 2. The van der Waals surface area contributed by atoms with Gasteiger partial charge in [-0.25, -0.2) is 12.7 Å². The smallest absolute Gasteiger partial charge is 0.387 e. The Morgan fingerprint density at radius 3 is 2.07 bits per heavy atom. The third-order valence-electron chi connectivity index (χ3n) is 4.03. The Hall–Kier alpha value is -2.58. The molecule has 5 nitrogen and oxygen atoms in total. The Morgan fingerprint density at radius 1 is 1.07 bits per heavy atom. The molecule has 150 valence electrons. The van der Waals surface area contributed by atoms with Gasteiger partial charge in [-0.15, -0.1) is 0 Å². The van der Waals surface area contributed by atoms with Crippen LogP contribution in [0.4, 0.5) is 8.78 Å². The highest BCUT2D eigenvalue weighted by molar-refractivity contribution is 7.89. The minimum absolute atomic E-state index is 0.0962. The quantitative estimate of drug-likeness (QED) is 0.511. The fraction of sp³-hybridized carbons (Fsp3) is 0.250. The minimum atomic E-state index is -3.56. The maximum atomic E-state index is 12.4. The van der Waals surface area contributed by atoms with E-state index in [4.69, 9.17) is 0 Å². The summed E-state index contributed by atoms with van der Waals surface area (Å²) in [5.41, 5.74) is 2.06. The first-order chi connectivity index (χ1) is 13.0. The Balaban J connectivity index is 2.20. The molecule has 0 heterocycles. The number of nitrogens with zero attached hydrogens (tertiary/aromatic N) is 1. The van der Waals surface area contributed by atoms with Gasteiger partial charge in [0.15, 0.2) is 5.78 Å². The van der Waals surface area contributed by atoms with Crippen LogP contribution in [0.2, 0.25) is 0 Å². The molecule has 0 saturated heterocycles. The molecule has 0 spiro atoms. The normalized spacial score (nSPS) is 12.1. The summed E-state index contributed by atoms with van der Waals surface area (Å²) in [6.45, 7) is 0.390. The topological polar surface area (TPSA) is 63.7 Å². The van der Waals surface area contributed by atoms with Crippen LogP contribution in [-0.4, -0.2) is 39.2 Å². The van der Waals surface area contributed by atoms with Gasteiger partial charge < -0.3 is 4.74 Å². The fourth-order valence-electron chi connectivity index (χ4n) is 2.63. The number of carbonyl (C=O) groups is 1. The number of alkyl halides is 2. The first kappa shape index (κ1) is 21.7. The molecule has 0 aliphatic carbocycles. The van der Waals surface area contributed by atoms with Crippen LogP contribution in [0.5, 0.6) is 5.75 Å². The van der Waals surface area contributed by atoms with Crippen LogP contribution in [-0.2, 0) is 10.0 Å². The van der Waals surface area contributed by atoms with Crippen LogP contribution >= 0.6 is 0 Å². The molecule has 0 N–H and O–H groups in total. The maximum absolute atomic E-state index is 12.4. The average molecular weight is 409 g/mol. The Kier molecular flexibility index (Phi) is 6.69. The summed E-state index contributed by atoms with van der Waals surface area (Å²) in [6, 6.07) is 8.92. The second-order valence-corrected chi connectivity index (χ2v) is 8.52. The number of rotatable bonds is 7. The van der Waals surface area contributed by atoms with Crippen molar-refractivity contribution in [1.82, 2.24) is 4.31 Å². The number of allylic oxidation sites excluding steroid dienone is 1. The molecule has 0 atom stereocenters. The van der Waals surface area contributed by atoms with E-state index in [1.807, 2.05) is 0 Å². The summed E-state index contributed by atoms with van der Waals surface area (Å²) in [5.74, 6) is -0.187. The maximum Gasteiger partial charge on any atom is 0.387 e. The number of halogens is 2. The van der Waals surface area contributed by atoms with E-state index in [-0.39, 0.29) is 16.4 Å². The summed E-state index contributed by atoms with van der Waals surface area (Å²) >= 11 is 0. The Labute approximate surface area is 163 Å². The van der Waals surface area contributed by atoms with Gasteiger partial charge in [-0.1, -0.05) is 6.08 Å². The first-order valence-corrected chi connectivity index (χ1v) is 9.77. The van der Waals surface area contributed by atoms with Gasteiger partial charge in [0.25, 0.3) is 0 Å². The van der Waals surface area contributed by atoms with E-state index in [1.54, 1.807) is 32.1 Å². The highest BCUT2D eigenvalue weighted by Crippen LogP contribution is 2.27. The van der Waals surface area contributed by atoms with E-state index in [1.165, 1.54) is 44.4 Å². The summed E-state index contributed by atoms with van der Waals surface area (Å²) in [4.78, 5) is 12.4. The van der Waals surface area contributed by atoms with E-state index in [2.05, 4.69) is 4.74 Å². The fourth-order valence-corrected chi connectivity index (χ4v) is 3.53. The molecule has 8 heteroatoms. The van der Waals surface area contributed by atoms with Crippen LogP contribution in [0.3, 0.4) is 0 Å². The minimum Gasteiger partial charge on any atom is -0.434 e. The SMILES string of the molecule is Cc1cc(/C=C/C(=O)c2ccc(S(=O)(=O)N(C)C)cc2)cc(C)c1OC(F)F. The van der Waals surface area contributed by atoms with E-state index in [0.29, 0.717) is 22.3 Å². The first-order valence-electron chi connectivity index (χ1n) is 8.33. The molecule has 0 aliphatic heterocycles. The largest absolute Gasteiger partial charge is 0.434 e. The Bertz CT molecular complexity index is 974. The average Bonchev–Trinajstić information content (AvgIpc) is 2.62. The number of sulfonamides is 1. The highest BCUT2D eigenvalue weighted by Gasteiger charge is 2.17. The molecule has 28 heavy (non-hydrogen) atoms. The van der Waals surface area contributed by atoms with Gasteiger partial charge in [0.2, 0.25) is 10.0 Å². The van der Waals surface area contributed by atoms with Crippen molar-refractivity contribution < 1.29 is 26.7 Å². The van der Waals surface area contributed by atoms with Crippen LogP contribution in [0.15, 0.2) is 47.4 Å². The molecule has 2 rings (SSSR count). The number of carbonyl (C=O) groups excluding carboxylic acids is 1. The molecular weight excluding hydrogens is 388 g/mol. The lowest BCUT2D eigenvalue weighted by Crippen LogP contribution is -2.22. The van der Waals surface area contributed by atoms with Gasteiger partial charge in [-0.2, -0.15) is 8.78 Å². The van der Waals surface area contributed by atoms with E-state index in [9.17, 15) is 22.0 Å². The molecule has 0 fully saturated rings. The van der Waals surface area contributed by atoms with Crippen molar-refractivity contribution >= 4 is 21.9 Å². The molecule has 0 radical (unpaired) electrons. The summed E-state index contributed by atoms with van der Waals surface area (Å²) in [6.07, 6.45) is 2.91. The van der Waals surface area contributed by atoms with Crippen molar-refractivity contribution in [2.75, 3.05) is 14.1 Å². The third kappa shape index (κ3) is 5.02. The molecule has 0 bridgehead atoms. The van der Waals surface area contributed by atoms with E-state index < -0.39 is 16.6 Å². The lowest BCUT2D eigenvalue weighted by atomic mass is 10.0. The van der Waals surface area contributed by atoms with Crippen LogP contribution in [0, 0.1) is 13.8 Å². The zero-order chi connectivity index (χ0) is 21.1. The zero-order valence-electron chi connectivity index (χ0n) is 15.9. The van der Waals surface area contributed by atoms with Crippen LogP contribution < -0.4 is 4.74 Å². The number of hydrogen-bond acceptors (Lipinski definition) is 4. The van der Waals surface area contributed by atoms with Crippen molar-refractivity contribution in [1.29, 1.82) is 0 Å². The second kappa shape index (κ2) is 8.62.